The lowest BCUT2D eigenvalue weighted by Crippen LogP contribution is -2.50. The first-order valence-corrected chi connectivity index (χ1v) is 9.97. The molecule has 1 saturated heterocycles. The van der Waals surface area contributed by atoms with Crippen LogP contribution in [0.1, 0.15) is 11.6 Å². The number of anilines is 2. The molecule has 30 heavy (non-hydrogen) atoms. The van der Waals surface area contributed by atoms with Crippen LogP contribution in [0.2, 0.25) is 0 Å². The molecule has 0 unspecified atom stereocenters. The van der Waals surface area contributed by atoms with Gasteiger partial charge in [-0.25, -0.2) is 8.78 Å². The molecule has 0 saturated carbocycles. The number of halogens is 2. The summed E-state index contributed by atoms with van der Waals surface area (Å²) in [5.74, 6) is -0.761. The summed E-state index contributed by atoms with van der Waals surface area (Å²) in [5.41, 5.74) is 2.02. The number of nitrogens with one attached hydrogen (secondary N) is 1. The zero-order valence-electron chi connectivity index (χ0n) is 16.5. The molecule has 1 amide bonds. The van der Waals surface area contributed by atoms with Gasteiger partial charge in [-0.3, -0.25) is 9.69 Å². The highest BCUT2D eigenvalue weighted by Gasteiger charge is 2.31. The highest BCUT2D eigenvalue weighted by atomic mass is 19.1. The minimum absolute atomic E-state index is 0.174. The molecule has 3 aromatic carbocycles. The van der Waals surface area contributed by atoms with E-state index in [4.69, 9.17) is 0 Å². The molecule has 0 aromatic heterocycles. The number of piperazine rings is 1. The number of carbonyl (C=O) groups excluding carboxylic acids is 1. The van der Waals surface area contributed by atoms with E-state index in [1.807, 2.05) is 41.3 Å². The second kappa shape index (κ2) is 9.05. The number of amides is 1. The molecule has 1 atom stereocenters. The molecule has 1 N–H and O–H groups in total. The zero-order chi connectivity index (χ0) is 20.9. The van der Waals surface area contributed by atoms with Gasteiger partial charge in [0.25, 0.3) is 0 Å². The van der Waals surface area contributed by atoms with Crippen LogP contribution in [0.3, 0.4) is 0 Å². The molecule has 4 nitrogen and oxygen atoms in total. The van der Waals surface area contributed by atoms with E-state index in [0.29, 0.717) is 37.6 Å². The van der Waals surface area contributed by atoms with Gasteiger partial charge in [0.05, 0.1) is 5.69 Å². The fourth-order valence-corrected chi connectivity index (χ4v) is 3.84. The smallest absolute Gasteiger partial charge is 0.246 e. The van der Waals surface area contributed by atoms with Crippen LogP contribution in [-0.4, -0.2) is 37.0 Å². The molecule has 1 heterocycles. The van der Waals surface area contributed by atoms with Crippen molar-refractivity contribution in [1.82, 2.24) is 4.90 Å². The Morgan fingerprint density at radius 2 is 1.43 bits per heavy atom. The molecule has 1 fully saturated rings. The Hall–Kier alpha value is -3.25. The second-order valence-corrected chi connectivity index (χ2v) is 7.28. The maximum atomic E-state index is 14.1. The lowest BCUT2D eigenvalue weighted by atomic mass is 10.0. The highest BCUT2D eigenvalue weighted by molar-refractivity contribution is 5.95. The molecule has 1 aliphatic heterocycles. The Morgan fingerprint density at radius 3 is 2.10 bits per heavy atom. The van der Waals surface area contributed by atoms with Gasteiger partial charge < -0.3 is 10.2 Å². The standard InChI is InChI=1S/C24H23F2N3O/c25-19-10-12-20(13-11-19)27-24(30)23(18-6-2-1-3-7-18)29-16-14-28(15-17-29)22-9-5-4-8-21(22)26/h1-13,23H,14-17H2,(H,27,30)/t23-/m0/s1. The number of hydrogen-bond acceptors (Lipinski definition) is 3. The predicted octanol–water partition coefficient (Wildman–Crippen LogP) is 4.47. The van der Waals surface area contributed by atoms with Gasteiger partial charge in [-0.05, 0) is 42.0 Å². The summed E-state index contributed by atoms with van der Waals surface area (Å²) in [4.78, 5) is 17.3. The van der Waals surface area contributed by atoms with Gasteiger partial charge >= 0.3 is 0 Å². The molecule has 1 aliphatic rings. The Morgan fingerprint density at radius 1 is 0.800 bits per heavy atom. The summed E-state index contributed by atoms with van der Waals surface area (Å²) in [7, 11) is 0. The Balaban J connectivity index is 1.51. The van der Waals surface area contributed by atoms with Crippen LogP contribution in [0.15, 0.2) is 78.9 Å². The third kappa shape index (κ3) is 4.49. The van der Waals surface area contributed by atoms with E-state index < -0.39 is 6.04 Å². The lowest BCUT2D eigenvalue weighted by Gasteiger charge is -2.39. The average molecular weight is 407 g/mol. The molecule has 4 rings (SSSR count). The van der Waals surface area contributed by atoms with Crippen LogP contribution in [0, 0.1) is 11.6 Å². The number of para-hydroxylation sites is 1. The van der Waals surface area contributed by atoms with Crippen molar-refractivity contribution in [2.45, 2.75) is 6.04 Å². The fourth-order valence-electron chi connectivity index (χ4n) is 3.84. The third-order valence-electron chi connectivity index (χ3n) is 5.35. The second-order valence-electron chi connectivity index (χ2n) is 7.28. The number of carbonyl (C=O) groups is 1. The summed E-state index contributed by atoms with van der Waals surface area (Å²) in [6.07, 6.45) is 0. The summed E-state index contributed by atoms with van der Waals surface area (Å²) in [5, 5.41) is 2.90. The quantitative estimate of drug-likeness (QED) is 0.678. The first-order chi connectivity index (χ1) is 14.6. The average Bonchev–Trinajstić information content (AvgIpc) is 2.77. The first kappa shape index (κ1) is 20.0. The molecule has 154 valence electrons. The van der Waals surface area contributed by atoms with Crippen molar-refractivity contribution in [3.05, 3.63) is 96.1 Å². The van der Waals surface area contributed by atoms with Crippen LogP contribution in [0.25, 0.3) is 0 Å². The molecule has 0 bridgehead atoms. The topological polar surface area (TPSA) is 35.6 Å². The van der Waals surface area contributed by atoms with Crippen molar-refractivity contribution in [2.24, 2.45) is 0 Å². The van der Waals surface area contributed by atoms with Crippen molar-refractivity contribution in [3.63, 3.8) is 0 Å². The molecule has 6 heteroatoms. The predicted molar refractivity (Wildman–Crippen MR) is 114 cm³/mol. The third-order valence-corrected chi connectivity index (χ3v) is 5.35. The maximum absolute atomic E-state index is 14.1. The lowest BCUT2D eigenvalue weighted by molar-refractivity contribution is -0.121. The van der Waals surface area contributed by atoms with Gasteiger partial charge in [0.2, 0.25) is 5.91 Å². The summed E-state index contributed by atoms with van der Waals surface area (Å²) in [6.45, 7) is 2.47. The Kier molecular flexibility index (Phi) is 6.05. The summed E-state index contributed by atoms with van der Waals surface area (Å²) >= 11 is 0. The molecule has 3 aromatic rings. The van der Waals surface area contributed by atoms with Crippen molar-refractivity contribution in [2.75, 3.05) is 36.4 Å². The molecular weight excluding hydrogens is 384 g/mol. The van der Waals surface area contributed by atoms with E-state index >= 15 is 0 Å². The SMILES string of the molecule is O=C(Nc1ccc(F)cc1)[C@H](c1ccccc1)N1CCN(c2ccccc2F)CC1. The monoisotopic (exact) mass is 407 g/mol. The first-order valence-electron chi connectivity index (χ1n) is 9.97. The van der Waals surface area contributed by atoms with E-state index in [0.717, 1.165) is 5.56 Å². The van der Waals surface area contributed by atoms with Crippen LogP contribution < -0.4 is 10.2 Å². The van der Waals surface area contributed by atoms with Gasteiger partial charge in [-0.15, -0.1) is 0 Å². The Labute approximate surface area is 174 Å². The van der Waals surface area contributed by atoms with Crippen molar-refractivity contribution >= 4 is 17.3 Å². The number of rotatable bonds is 5. The largest absolute Gasteiger partial charge is 0.367 e. The van der Waals surface area contributed by atoms with Crippen molar-refractivity contribution in [1.29, 1.82) is 0 Å². The molecule has 0 aliphatic carbocycles. The van der Waals surface area contributed by atoms with Gasteiger partial charge in [-0.2, -0.15) is 0 Å². The Bertz CT molecular complexity index is 987. The summed E-state index contributed by atoms with van der Waals surface area (Å²) in [6, 6.07) is 21.6. The van der Waals surface area contributed by atoms with Gasteiger partial charge in [0.1, 0.15) is 17.7 Å². The number of benzene rings is 3. The van der Waals surface area contributed by atoms with Crippen LogP contribution >= 0.6 is 0 Å². The summed E-state index contributed by atoms with van der Waals surface area (Å²) < 4.78 is 27.3. The van der Waals surface area contributed by atoms with Crippen LogP contribution in [0.4, 0.5) is 20.2 Å². The van der Waals surface area contributed by atoms with Gasteiger partial charge in [-0.1, -0.05) is 42.5 Å². The number of nitrogens with zero attached hydrogens (tertiary/aromatic N) is 2. The van der Waals surface area contributed by atoms with Gasteiger partial charge in [0, 0.05) is 31.9 Å². The van der Waals surface area contributed by atoms with E-state index in [2.05, 4.69) is 10.2 Å². The minimum atomic E-state index is -0.487. The zero-order valence-corrected chi connectivity index (χ0v) is 16.5. The van der Waals surface area contributed by atoms with Crippen LogP contribution in [-0.2, 0) is 4.79 Å². The molecule has 0 radical (unpaired) electrons. The minimum Gasteiger partial charge on any atom is -0.367 e. The van der Waals surface area contributed by atoms with Crippen LogP contribution in [0.5, 0.6) is 0 Å². The van der Waals surface area contributed by atoms with E-state index in [1.165, 1.54) is 18.2 Å². The van der Waals surface area contributed by atoms with Crippen molar-refractivity contribution in [3.8, 4) is 0 Å². The fraction of sp³-hybridized carbons (Fsp3) is 0.208. The molecule has 0 spiro atoms. The highest BCUT2D eigenvalue weighted by Crippen LogP contribution is 2.27. The normalized spacial score (nSPS) is 15.6. The van der Waals surface area contributed by atoms with E-state index in [-0.39, 0.29) is 17.5 Å². The van der Waals surface area contributed by atoms with Gasteiger partial charge in [0.15, 0.2) is 0 Å². The maximum Gasteiger partial charge on any atom is 0.246 e. The molecular formula is C24H23F2N3O. The number of hydrogen-bond donors (Lipinski definition) is 1. The van der Waals surface area contributed by atoms with E-state index in [1.54, 1.807) is 24.3 Å². The van der Waals surface area contributed by atoms with Crippen molar-refractivity contribution < 1.29 is 13.6 Å². The van der Waals surface area contributed by atoms with E-state index in [9.17, 15) is 13.6 Å².